The molecule has 2 heterocycles. The zero-order valence-electron chi connectivity index (χ0n) is 20.2. The monoisotopic (exact) mass is 549 g/mol. The summed E-state index contributed by atoms with van der Waals surface area (Å²) < 4.78 is 40.7. The quantitative estimate of drug-likeness (QED) is 0.319. The van der Waals surface area contributed by atoms with Crippen molar-refractivity contribution >= 4 is 38.2 Å². The number of halogens is 1. The number of piperidine rings is 1. The van der Waals surface area contributed by atoms with Gasteiger partial charge in [-0.2, -0.15) is 4.31 Å². The molecule has 0 aliphatic carbocycles. The number of amides is 1. The maximum atomic E-state index is 13.3. The smallest absolute Gasteiger partial charge is 0.243 e. The number of benzene rings is 3. The van der Waals surface area contributed by atoms with Gasteiger partial charge in [-0.25, -0.2) is 17.8 Å². The van der Waals surface area contributed by atoms with E-state index in [0.717, 1.165) is 29.0 Å². The minimum absolute atomic E-state index is 0.00172. The van der Waals surface area contributed by atoms with Crippen LogP contribution in [0, 0.1) is 11.7 Å². The summed E-state index contributed by atoms with van der Waals surface area (Å²) in [4.78, 5) is 31.5. The first kappa shape index (κ1) is 25.9. The summed E-state index contributed by atoms with van der Waals surface area (Å²) in [5.41, 5.74) is 1.74. The van der Waals surface area contributed by atoms with E-state index >= 15 is 0 Å². The SMILES string of the molecule is O=C(c1ccccc1)c1sc(NC(=O)C2CCCN(S(=O)(=O)c3ccc(F)cc3)C2)nc1-c1ccccc1. The minimum atomic E-state index is -3.87. The van der Waals surface area contributed by atoms with E-state index in [9.17, 15) is 22.4 Å². The highest BCUT2D eigenvalue weighted by Crippen LogP contribution is 2.34. The summed E-state index contributed by atoms with van der Waals surface area (Å²) in [6.07, 6.45) is 1.01. The average Bonchev–Trinajstić information content (AvgIpc) is 3.37. The Hall–Kier alpha value is -3.73. The molecule has 10 heteroatoms. The molecule has 0 spiro atoms. The van der Waals surface area contributed by atoms with Crippen molar-refractivity contribution < 1.29 is 22.4 Å². The van der Waals surface area contributed by atoms with Crippen molar-refractivity contribution in [3.8, 4) is 11.3 Å². The molecule has 1 N–H and O–H groups in total. The van der Waals surface area contributed by atoms with Crippen molar-refractivity contribution in [2.24, 2.45) is 5.92 Å². The molecule has 0 bridgehead atoms. The van der Waals surface area contributed by atoms with Gasteiger partial charge in [0.2, 0.25) is 21.7 Å². The molecule has 1 fully saturated rings. The van der Waals surface area contributed by atoms with E-state index < -0.39 is 21.8 Å². The van der Waals surface area contributed by atoms with Crippen LogP contribution in [0.4, 0.5) is 9.52 Å². The maximum absolute atomic E-state index is 13.3. The summed E-state index contributed by atoms with van der Waals surface area (Å²) >= 11 is 1.09. The summed E-state index contributed by atoms with van der Waals surface area (Å²) in [6, 6.07) is 22.8. The lowest BCUT2D eigenvalue weighted by Crippen LogP contribution is -2.43. The fourth-order valence-electron chi connectivity index (χ4n) is 4.38. The van der Waals surface area contributed by atoms with Crippen LogP contribution in [0.25, 0.3) is 11.3 Å². The van der Waals surface area contributed by atoms with E-state index in [-0.39, 0.29) is 34.8 Å². The van der Waals surface area contributed by atoms with E-state index in [4.69, 9.17) is 0 Å². The number of nitrogens with zero attached hydrogens (tertiary/aromatic N) is 2. The highest BCUT2D eigenvalue weighted by atomic mass is 32.2. The van der Waals surface area contributed by atoms with Crippen molar-refractivity contribution in [3.63, 3.8) is 0 Å². The summed E-state index contributed by atoms with van der Waals surface area (Å²) in [6.45, 7) is 0.271. The molecule has 0 radical (unpaired) electrons. The Kier molecular flexibility index (Phi) is 7.46. The van der Waals surface area contributed by atoms with Crippen LogP contribution < -0.4 is 5.32 Å². The number of ketones is 1. The van der Waals surface area contributed by atoms with Gasteiger partial charge in [-0.05, 0) is 37.1 Å². The van der Waals surface area contributed by atoms with Gasteiger partial charge in [0, 0.05) is 24.2 Å². The first-order valence-corrected chi connectivity index (χ1v) is 14.3. The van der Waals surface area contributed by atoms with Crippen LogP contribution in [0.1, 0.15) is 28.1 Å². The molecule has 1 amide bonds. The van der Waals surface area contributed by atoms with Crippen LogP contribution in [0.2, 0.25) is 0 Å². The number of nitrogens with one attached hydrogen (secondary N) is 1. The van der Waals surface area contributed by atoms with Gasteiger partial charge in [-0.1, -0.05) is 72.0 Å². The fourth-order valence-corrected chi connectivity index (χ4v) is 6.85. The molecule has 3 aromatic carbocycles. The van der Waals surface area contributed by atoms with E-state index in [1.807, 2.05) is 36.4 Å². The van der Waals surface area contributed by atoms with Crippen LogP contribution in [-0.4, -0.2) is 42.5 Å². The van der Waals surface area contributed by atoms with Crippen LogP contribution in [0.5, 0.6) is 0 Å². The molecule has 1 aliphatic rings. The summed E-state index contributed by atoms with van der Waals surface area (Å²) in [5, 5.41) is 3.08. The molecule has 1 saturated heterocycles. The topological polar surface area (TPSA) is 96.4 Å². The summed E-state index contributed by atoms with van der Waals surface area (Å²) in [7, 11) is -3.87. The standard InChI is InChI=1S/C28H24FN3O4S2/c29-22-13-15-23(16-14-22)38(35,36)32-17-7-12-21(18-32)27(34)31-28-30-24(19-8-3-1-4-9-19)26(37-28)25(33)20-10-5-2-6-11-20/h1-6,8-11,13-16,21H,7,12,17-18H2,(H,30,31,34). The van der Waals surface area contributed by atoms with Gasteiger partial charge in [0.1, 0.15) is 10.7 Å². The number of sulfonamides is 1. The van der Waals surface area contributed by atoms with Crippen LogP contribution in [0.15, 0.2) is 89.8 Å². The molecule has 4 aromatic rings. The lowest BCUT2D eigenvalue weighted by Gasteiger charge is -2.31. The Morgan fingerprint density at radius 3 is 2.29 bits per heavy atom. The largest absolute Gasteiger partial charge is 0.302 e. The second kappa shape index (κ2) is 10.9. The number of hydrogen-bond acceptors (Lipinski definition) is 6. The van der Waals surface area contributed by atoms with Crippen molar-refractivity contribution in [2.45, 2.75) is 17.7 Å². The third kappa shape index (κ3) is 5.42. The number of thiazole rings is 1. The number of anilines is 1. The molecule has 5 rings (SSSR count). The van der Waals surface area contributed by atoms with Gasteiger partial charge in [0.05, 0.1) is 16.5 Å². The Balaban J connectivity index is 1.37. The van der Waals surface area contributed by atoms with Gasteiger partial charge in [-0.3, -0.25) is 9.59 Å². The molecule has 1 atom stereocenters. The minimum Gasteiger partial charge on any atom is -0.302 e. The Morgan fingerprint density at radius 2 is 1.61 bits per heavy atom. The Bertz CT molecular complexity index is 1560. The number of rotatable bonds is 7. The van der Waals surface area contributed by atoms with E-state index in [1.165, 1.54) is 16.4 Å². The Morgan fingerprint density at radius 1 is 0.947 bits per heavy atom. The molecule has 0 saturated carbocycles. The number of hydrogen-bond donors (Lipinski definition) is 1. The normalized spacial score (nSPS) is 16.2. The molecular formula is C28H24FN3O4S2. The van der Waals surface area contributed by atoms with Crippen molar-refractivity contribution in [1.29, 1.82) is 0 Å². The predicted molar refractivity (Wildman–Crippen MR) is 144 cm³/mol. The van der Waals surface area contributed by atoms with Crippen molar-refractivity contribution in [3.05, 3.63) is 101 Å². The highest BCUT2D eigenvalue weighted by Gasteiger charge is 2.34. The third-order valence-corrected chi connectivity index (χ3v) is 9.20. The van der Waals surface area contributed by atoms with Crippen molar-refractivity contribution in [2.75, 3.05) is 18.4 Å². The summed E-state index contributed by atoms with van der Waals surface area (Å²) in [5.74, 6) is -1.69. The number of carbonyl (C=O) groups is 2. The van der Waals surface area contributed by atoms with Crippen LogP contribution in [0.3, 0.4) is 0 Å². The first-order chi connectivity index (χ1) is 18.3. The molecule has 1 aromatic heterocycles. The van der Waals surface area contributed by atoms with Gasteiger partial charge in [-0.15, -0.1) is 0 Å². The molecule has 1 unspecified atom stereocenters. The van der Waals surface area contributed by atoms with Gasteiger partial charge >= 0.3 is 0 Å². The molecule has 7 nitrogen and oxygen atoms in total. The number of carbonyl (C=O) groups excluding carboxylic acids is 2. The van der Waals surface area contributed by atoms with E-state index in [2.05, 4.69) is 10.3 Å². The second-order valence-corrected chi connectivity index (χ2v) is 11.8. The lowest BCUT2D eigenvalue weighted by molar-refractivity contribution is -0.120. The number of aromatic nitrogens is 1. The first-order valence-electron chi connectivity index (χ1n) is 12.1. The van der Waals surface area contributed by atoms with Crippen LogP contribution in [-0.2, 0) is 14.8 Å². The van der Waals surface area contributed by atoms with Gasteiger partial charge in [0.15, 0.2) is 5.13 Å². The lowest BCUT2D eigenvalue weighted by atomic mass is 9.99. The van der Waals surface area contributed by atoms with E-state index in [0.29, 0.717) is 29.0 Å². The second-order valence-electron chi connectivity index (χ2n) is 8.90. The van der Waals surface area contributed by atoms with Gasteiger partial charge in [0.25, 0.3) is 0 Å². The fraction of sp³-hybridized carbons (Fsp3) is 0.179. The van der Waals surface area contributed by atoms with Crippen LogP contribution >= 0.6 is 11.3 Å². The molecule has 38 heavy (non-hydrogen) atoms. The Labute approximate surface area is 224 Å². The molecule has 1 aliphatic heterocycles. The maximum Gasteiger partial charge on any atom is 0.243 e. The zero-order chi connectivity index (χ0) is 26.7. The van der Waals surface area contributed by atoms with Crippen molar-refractivity contribution in [1.82, 2.24) is 9.29 Å². The molecule has 194 valence electrons. The van der Waals surface area contributed by atoms with Gasteiger partial charge < -0.3 is 5.32 Å². The highest BCUT2D eigenvalue weighted by molar-refractivity contribution is 7.89. The van der Waals surface area contributed by atoms with E-state index in [1.54, 1.807) is 24.3 Å². The predicted octanol–water partition coefficient (Wildman–Crippen LogP) is 5.22. The zero-order valence-corrected chi connectivity index (χ0v) is 21.8. The third-order valence-electron chi connectivity index (χ3n) is 6.35. The average molecular weight is 550 g/mol. The molecular weight excluding hydrogens is 525 g/mol.